The van der Waals surface area contributed by atoms with Crippen molar-refractivity contribution in [1.82, 2.24) is 0 Å². The standard InChI is InChI=1S/C16H16O3S/c1-20-15-5-3-2-4-14(15)19-11-13-8-6-12(7-9-13)10-16(17)18/h2-9H,10-11H2,1H3,(H,17,18). The van der Waals surface area contributed by atoms with E-state index in [4.69, 9.17) is 9.84 Å². The Balaban J connectivity index is 1.98. The number of rotatable bonds is 6. The zero-order valence-corrected chi connectivity index (χ0v) is 12.0. The second-order valence-corrected chi connectivity index (χ2v) is 5.17. The molecule has 0 aliphatic carbocycles. The molecule has 104 valence electrons. The van der Waals surface area contributed by atoms with E-state index < -0.39 is 5.97 Å². The van der Waals surface area contributed by atoms with Gasteiger partial charge in [0.2, 0.25) is 0 Å². The van der Waals surface area contributed by atoms with Crippen LogP contribution in [-0.4, -0.2) is 17.3 Å². The summed E-state index contributed by atoms with van der Waals surface area (Å²) >= 11 is 1.65. The molecule has 1 N–H and O–H groups in total. The van der Waals surface area contributed by atoms with Gasteiger partial charge in [-0.25, -0.2) is 0 Å². The van der Waals surface area contributed by atoms with Gasteiger partial charge in [-0.15, -0.1) is 11.8 Å². The number of carboxylic acid groups (broad SMARTS) is 1. The Kier molecular flexibility index (Phi) is 5.07. The minimum absolute atomic E-state index is 0.0520. The van der Waals surface area contributed by atoms with Crippen LogP contribution in [0.25, 0.3) is 0 Å². The molecule has 0 spiro atoms. The molecule has 0 saturated heterocycles. The topological polar surface area (TPSA) is 46.5 Å². The van der Waals surface area contributed by atoms with Crippen LogP contribution >= 0.6 is 11.8 Å². The van der Waals surface area contributed by atoms with Crippen molar-refractivity contribution in [1.29, 1.82) is 0 Å². The van der Waals surface area contributed by atoms with Gasteiger partial charge in [0.15, 0.2) is 0 Å². The molecule has 3 nitrogen and oxygen atoms in total. The van der Waals surface area contributed by atoms with Crippen molar-refractivity contribution < 1.29 is 14.6 Å². The van der Waals surface area contributed by atoms with E-state index >= 15 is 0 Å². The van der Waals surface area contributed by atoms with Gasteiger partial charge in [0.25, 0.3) is 0 Å². The van der Waals surface area contributed by atoms with Crippen LogP contribution in [0.2, 0.25) is 0 Å². The number of ether oxygens (including phenoxy) is 1. The van der Waals surface area contributed by atoms with Gasteiger partial charge in [-0.05, 0) is 29.5 Å². The fraction of sp³-hybridized carbons (Fsp3) is 0.188. The summed E-state index contributed by atoms with van der Waals surface area (Å²) in [5.41, 5.74) is 1.82. The van der Waals surface area contributed by atoms with Crippen LogP contribution in [0.1, 0.15) is 11.1 Å². The summed E-state index contributed by atoms with van der Waals surface area (Å²) < 4.78 is 5.80. The average molecular weight is 288 g/mol. The highest BCUT2D eigenvalue weighted by molar-refractivity contribution is 7.98. The number of aliphatic carboxylic acids is 1. The van der Waals surface area contributed by atoms with Crippen molar-refractivity contribution in [2.45, 2.75) is 17.9 Å². The van der Waals surface area contributed by atoms with Crippen molar-refractivity contribution in [3.05, 3.63) is 59.7 Å². The molecule has 4 heteroatoms. The number of hydrogen-bond acceptors (Lipinski definition) is 3. The lowest BCUT2D eigenvalue weighted by Gasteiger charge is -2.10. The fourth-order valence-electron chi connectivity index (χ4n) is 1.83. The molecule has 0 aromatic heterocycles. The third-order valence-electron chi connectivity index (χ3n) is 2.84. The Bertz CT molecular complexity index is 579. The van der Waals surface area contributed by atoms with Crippen molar-refractivity contribution in [2.75, 3.05) is 6.26 Å². The second kappa shape index (κ2) is 7.01. The largest absolute Gasteiger partial charge is 0.488 e. The van der Waals surface area contributed by atoms with Gasteiger partial charge in [-0.1, -0.05) is 36.4 Å². The highest BCUT2D eigenvalue weighted by atomic mass is 32.2. The lowest BCUT2D eigenvalue weighted by atomic mass is 10.1. The van der Waals surface area contributed by atoms with Gasteiger partial charge in [-0.2, -0.15) is 0 Å². The summed E-state index contributed by atoms with van der Waals surface area (Å²) in [4.78, 5) is 11.7. The van der Waals surface area contributed by atoms with Crippen LogP contribution in [0.15, 0.2) is 53.4 Å². The van der Waals surface area contributed by atoms with Crippen molar-refractivity contribution >= 4 is 17.7 Å². The number of benzene rings is 2. The number of carboxylic acids is 1. The third kappa shape index (κ3) is 4.03. The van der Waals surface area contributed by atoms with E-state index in [0.717, 1.165) is 21.8 Å². The lowest BCUT2D eigenvalue weighted by Crippen LogP contribution is -2.01. The predicted molar refractivity (Wildman–Crippen MR) is 80.3 cm³/mol. The minimum Gasteiger partial charge on any atom is -0.488 e. The Morgan fingerprint density at radius 3 is 2.40 bits per heavy atom. The van der Waals surface area contributed by atoms with Gasteiger partial charge < -0.3 is 9.84 Å². The Morgan fingerprint density at radius 2 is 1.75 bits per heavy atom. The van der Waals surface area contributed by atoms with Crippen LogP contribution in [0.5, 0.6) is 5.75 Å². The molecule has 20 heavy (non-hydrogen) atoms. The summed E-state index contributed by atoms with van der Waals surface area (Å²) in [6, 6.07) is 15.4. The van der Waals surface area contributed by atoms with E-state index in [0.29, 0.717) is 6.61 Å². The minimum atomic E-state index is -0.817. The predicted octanol–water partition coefficient (Wildman–Crippen LogP) is 3.61. The van der Waals surface area contributed by atoms with Gasteiger partial charge in [0.1, 0.15) is 12.4 Å². The first kappa shape index (κ1) is 14.5. The van der Waals surface area contributed by atoms with Crippen LogP contribution in [0.4, 0.5) is 0 Å². The van der Waals surface area contributed by atoms with Crippen molar-refractivity contribution in [3.8, 4) is 5.75 Å². The zero-order chi connectivity index (χ0) is 14.4. The summed E-state index contributed by atoms with van der Waals surface area (Å²) in [7, 11) is 0. The van der Waals surface area contributed by atoms with Crippen LogP contribution in [0, 0.1) is 0 Å². The Hall–Kier alpha value is -1.94. The number of para-hydroxylation sites is 1. The number of thioether (sulfide) groups is 1. The maximum Gasteiger partial charge on any atom is 0.307 e. The smallest absolute Gasteiger partial charge is 0.307 e. The first-order chi connectivity index (χ1) is 9.69. The molecule has 0 atom stereocenters. The van der Waals surface area contributed by atoms with Crippen LogP contribution in [0.3, 0.4) is 0 Å². The van der Waals surface area contributed by atoms with Crippen molar-refractivity contribution in [3.63, 3.8) is 0 Å². The SMILES string of the molecule is CSc1ccccc1OCc1ccc(CC(=O)O)cc1. The molecule has 0 unspecified atom stereocenters. The summed E-state index contributed by atoms with van der Waals surface area (Å²) in [6.45, 7) is 0.477. The molecule has 0 amide bonds. The van der Waals surface area contributed by atoms with Gasteiger partial charge in [0, 0.05) is 4.90 Å². The normalized spacial score (nSPS) is 10.2. The molecular weight excluding hydrogens is 272 g/mol. The molecule has 2 rings (SSSR count). The summed E-state index contributed by atoms with van der Waals surface area (Å²) in [6.07, 6.45) is 2.07. The molecule has 0 aliphatic rings. The highest BCUT2D eigenvalue weighted by Crippen LogP contribution is 2.27. The number of carbonyl (C=O) groups is 1. The molecule has 0 bridgehead atoms. The zero-order valence-electron chi connectivity index (χ0n) is 11.2. The molecule has 0 fully saturated rings. The molecule has 2 aromatic rings. The van der Waals surface area contributed by atoms with Gasteiger partial charge in [0.05, 0.1) is 6.42 Å². The molecule has 0 heterocycles. The van der Waals surface area contributed by atoms with Crippen molar-refractivity contribution in [2.24, 2.45) is 0 Å². The quantitative estimate of drug-likeness (QED) is 0.825. The monoisotopic (exact) mass is 288 g/mol. The van der Waals surface area contributed by atoms with Gasteiger partial charge >= 0.3 is 5.97 Å². The summed E-state index contributed by atoms with van der Waals surface area (Å²) in [5.74, 6) is 0.0533. The molecule has 2 aromatic carbocycles. The van der Waals surface area contributed by atoms with E-state index in [1.54, 1.807) is 11.8 Å². The summed E-state index contributed by atoms with van der Waals surface area (Å²) in [5, 5.41) is 8.72. The number of hydrogen-bond donors (Lipinski definition) is 1. The maximum atomic E-state index is 10.6. The molecule has 0 aliphatic heterocycles. The van der Waals surface area contributed by atoms with Crippen LogP contribution < -0.4 is 4.74 Å². The van der Waals surface area contributed by atoms with E-state index in [1.165, 1.54) is 0 Å². The van der Waals surface area contributed by atoms with E-state index in [2.05, 4.69) is 0 Å². The molecular formula is C16H16O3S. The average Bonchev–Trinajstić information content (AvgIpc) is 2.46. The third-order valence-corrected chi connectivity index (χ3v) is 3.62. The molecule has 0 saturated carbocycles. The highest BCUT2D eigenvalue weighted by Gasteiger charge is 2.03. The van der Waals surface area contributed by atoms with E-state index in [1.807, 2.05) is 54.8 Å². The first-order valence-corrected chi connectivity index (χ1v) is 7.47. The maximum absolute atomic E-state index is 10.6. The fourth-order valence-corrected chi connectivity index (χ4v) is 2.37. The Labute approximate surface area is 122 Å². The van der Waals surface area contributed by atoms with E-state index in [9.17, 15) is 4.79 Å². The lowest BCUT2D eigenvalue weighted by molar-refractivity contribution is -0.136. The molecule has 0 radical (unpaired) electrons. The van der Waals surface area contributed by atoms with Crippen LogP contribution in [-0.2, 0) is 17.8 Å². The Morgan fingerprint density at radius 1 is 1.10 bits per heavy atom. The second-order valence-electron chi connectivity index (χ2n) is 4.33. The van der Waals surface area contributed by atoms with E-state index in [-0.39, 0.29) is 6.42 Å². The van der Waals surface area contributed by atoms with Gasteiger partial charge in [-0.3, -0.25) is 4.79 Å². The first-order valence-electron chi connectivity index (χ1n) is 6.24.